The van der Waals surface area contributed by atoms with Crippen LogP contribution in [0.3, 0.4) is 0 Å². The molecule has 0 spiro atoms. The van der Waals surface area contributed by atoms with Crippen molar-refractivity contribution in [2.24, 2.45) is 18.9 Å². The second kappa shape index (κ2) is 9.92. The van der Waals surface area contributed by atoms with E-state index in [1.54, 1.807) is 32.2 Å². The molecule has 5 heterocycles. The third-order valence-corrected chi connectivity index (χ3v) is 8.02. The van der Waals surface area contributed by atoms with Crippen LogP contribution < -0.4 is 21.5 Å². The number of pyridine rings is 1. The molecular weight excluding hydrogens is 552 g/mol. The van der Waals surface area contributed by atoms with Crippen LogP contribution in [0.1, 0.15) is 26.3 Å². The van der Waals surface area contributed by atoms with E-state index in [0.29, 0.717) is 17.2 Å². The zero-order chi connectivity index (χ0) is 29.9. The normalized spacial score (nSPS) is 19.5. The predicted octanol–water partition coefficient (Wildman–Crippen LogP) is 1.63. The van der Waals surface area contributed by atoms with Gasteiger partial charge in [0.15, 0.2) is 22.8 Å². The van der Waals surface area contributed by atoms with Crippen molar-refractivity contribution in [1.82, 2.24) is 33.6 Å². The Labute approximate surface area is 236 Å². The SMILES string of the molecule is CCC(=O)Cn1c(=O)c2c(ncn2C(C)C(=O)Nc2ccnc(-c3ccc(N4CC5C(C4)C5(F)F)nc3)n2)n(C)c1=O. The van der Waals surface area contributed by atoms with Gasteiger partial charge >= 0.3 is 5.69 Å². The van der Waals surface area contributed by atoms with Gasteiger partial charge in [0.05, 0.1) is 24.7 Å². The Balaban J connectivity index is 1.20. The van der Waals surface area contributed by atoms with Gasteiger partial charge in [-0.25, -0.2) is 33.5 Å². The minimum Gasteiger partial charge on any atom is -0.356 e. The fourth-order valence-electron chi connectivity index (χ4n) is 5.34. The number of alkyl halides is 2. The molecular formula is C27H27F2N9O4. The number of anilines is 2. The second-order valence-electron chi connectivity index (χ2n) is 10.6. The third-order valence-electron chi connectivity index (χ3n) is 8.02. The molecule has 15 heteroatoms. The summed E-state index contributed by atoms with van der Waals surface area (Å²) in [6, 6.07) is 4.04. The highest BCUT2D eigenvalue weighted by Gasteiger charge is 2.71. The lowest BCUT2D eigenvalue weighted by atomic mass is 10.2. The van der Waals surface area contributed by atoms with Crippen molar-refractivity contribution in [1.29, 1.82) is 0 Å². The average molecular weight is 580 g/mol. The van der Waals surface area contributed by atoms with Crippen LogP contribution in [0.4, 0.5) is 20.4 Å². The first-order valence-corrected chi connectivity index (χ1v) is 13.4. The standard InChI is InChI=1S/C27H27F2N9O4/c1-4-16(39)10-37-25(41)21-23(35(3)26(37)42)32-13-38(21)14(2)24(40)34-19-7-8-30-22(33-19)15-5-6-20(31-9-15)36-11-17-18(12-36)27(17,28)29/h5-9,13-14,17-18H,4,10-12H2,1-3H3,(H,30,33,34,40). The van der Waals surface area contributed by atoms with Crippen molar-refractivity contribution in [3.63, 3.8) is 0 Å². The highest BCUT2D eigenvalue weighted by molar-refractivity contribution is 5.93. The summed E-state index contributed by atoms with van der Waals surface area (Å²) < 4.78 is 30.4. The lowest BCUT2D eigenvalue weighted by Gasteiger charge is -2.20. The van der Waals surface area contributed by atoms with Crippen LogP contribution >= 0.6 is 0 Å². The number of ketones is 1. The van der Waals surface area contributed by atoms with Crippen LogP contribution in [0, 0.1) is 11.8 Å². The lowest BCUT2D eigenvalue weighted by molar-refractivity contribution is -0.120. The van der Waals surface area contributed by atoms with Crippen LogP contribution in [0.2, 0.25) is 0 Å². The van der Waals surface area contributed by atoms with Crippen molar-refractivity contribution in [2.75, 3.05) is 23.3 Å². The number of carbonyl (C=O) groups is 2. The smallest absolute Gasteiger partial charge is 0.332 e. The zero-order valence-electron chi connectivity index (χ0n) is 23.0. The molecule has 4 aromatic heterocycles. The number of Topliss-reactive ketones (excluding diaryl/α,β-unsaturated/α-hetero) is 1. The summed E-state index contributed by atoms with van der Waals surface area (Å²) in [5.74, 6) is -3.49. The molecule has 1 aliphatic heterocycles. The number of halogens is 2. The Bertz CT molecular complexity index is 1830. The molecule has 1 saturated carbocycles. The fourth-order valence-corrected chi connectivity index (χ4v) is 5.34. The number of hydrogen-bond donors (Lipinski definition) is 1. The van der Waals surface area contributed by atoms with E-state index in [4.69, 9.17) is 0 Å². The Morgan fingerprint density at radius 3 is 2.52 bits per heavy atom. The van der Waals surface area contributed by atoms with Gasteiger partial charge in [0.25, 0.3) is 11.5 Å². The highest BCUT2D eigenvalue weighted by atomic mass is 19.3. The number of imidazole rings is 1. The number of aromatic nitrogens is 7. The summed E-state index contributed by atoms with van der Waals surface area (Å²) in [7, 11) is 1.44. The number of nitrogens with zero attached hydrogens (tertiary/aromatic N) is 8. The Morgan fingerprint density at radius 2 is 1.86 bits per heavy atom. The minimum absolute atomic E-state index is 0.0113. The first kappa shape index (κ1) is 27.4. The molecule has 6 rings (SSSR count). The number of fused-ring (bicyclic) bond motifs is 2. The van der Waals surface area contributed by atoms with E-state index in [2.05, 4.69) is 25.3 Å². The van der Waals surface area contributed by atoms with Crippen molar-refractivity contribution >= 4 is 34.5 Å². The van der Waals surface area contributed by atoms with E-state index < -0.39 is 41.0 Å². The molecule has 1 amide bonds. The zero-order valence-corrected chi connectivity index (χ0v) is 23.0. The number of rotatable bonds is 8. The van der Waals surface area contributed by atoms with E-state index in [-0.39, 0.29) is 48.8 Å². The molecule has 42 heavy (non-hydrogen) atoms. The van der Waals surface area contributed by atoms with E-state index in [0.717, 1.165) is 4.57 Å². The van der Waals surface area contributed by atoms with Gasteiger partial charge in [-0.2, -0.15) is 0 Å². The monoisotopic (exact) mass is 579 g/mol. The molecule has 13 nitrogen and oxygen atoms in total. The van der Waals surface area contributed by atoms with Crippen LogP contribution in [0.25, 0.3) is 22.6 Å². The Morgan fingerprint density at radius 1 is 1.12 bits per heavy atom. The van der Waals surface area contributed by atoms with Gasteiger partial charge in [0.1, 0.15) is 17.7 Å². The lowest BCUT2D eigenvalue weighted by Crippen LogP contribution is -2.41. The van der Waals surface area contributed by atoms with Crippen LogP contribution in [0.5, 0.6) is 0 Å². The largest absolute Gasteiger partial charge is 0.356 e. The predicted molar refractivity (Wildman–Crippen MR) is 147 cm³/mol. The van der Waals surface area contributed by atoms with Crippen molar-refractivity contribution in [2.45, 2.75) is 38.8 Å². The summed E-state index contributed by atoms with van der Waals surface area (Å²) in [5.41, 5.74) is -0.721. The highest BCUT2D eigenvalue weighted by Crippen LogP contribution is 2.59. The van der Waals surface area contributed by atoms with Gasteiger partial charge in [-0.05, 0) is 25.1 Å². The maximum absolute atomic E-state index is 13.5. The van der Waals surface area contributed by atoms with Crippen molar-refractivity contribution < 1.29 is 18.4 Å². The Kier molecular flexibility index (Phi) is 6.46. The van der Waals surface area contributed by atoms with Gasteiger partial charge in [0.2, 0.25) is 5.91 Å². The number of nitrogens with one attached hydrogen (secondary N) is 1. The Hall–Kier alpha value is -4.82. The molecule has 4 aromatic rings. The van der Waals surface area contributed by atoms with Gasteiger partial charge in [-0.15, -0.1) is 0 Å². The topological polar surface area (TPSA) is 150 Å². The van der Waals surface area contributed by atoms with E-state index >= 15 is 0 Å². The van der Waals surface area contributed by atoms with Crippen LogP contribution in [0.15, 0.2) is 46.5 Å². The summed E-state index contributed by atoms with van der Waals surface area (Å²) in [6.07, 6.45) is 4.48. The van der Waals surface area contributed by atoms with E-state index in [9.17, 15) is 28.0 Å². The van der Waals surface area contributed by atoms with Gasteiger partial charge < -0.3 is 14.8 Å². The maximum Gasteiger partial charge on any atom is 0.332 e. The number of hydrogen-bond acceptors (Lipinski definition) is 9. The fraction of sp³-hybridized carbons (Fsp3) is 0.407. The summed E-state index contributed by atoms with van der Waals surface area (Å²) in [5, 5.41) is 2.71. The number of carbonyl (C=O) groups excluding carboxylic acids is 2. The molecule has 1 aliphatic carbocycles. The van der Waals surface area contributed by atoms with Gasteiger partial charge in [0, 0.05) is 44.5 Å². The number of aryl methyl sites for hydroxylation is 1. The molecule has 3 unspecified atom stereocenters. The van der Waals surface area contributed by atoms with Crippen LogP contribution in [-0.2, 0) is 23.2 Å². The molecule has 2 fully saturated rings. The van der Waals surface area contributed by atoms with Gasteiger partial charge in [-0.3, -0.25) is 23.5 Å². The molecule has 1 N–H and O–H groups in total. The summed E-state index contributed by atoms with van der Waals surface area (Å²) in [6.45, 7) is 3.36. The number of amides is 1. The average Bonchev–Trinajstić information content (AvgIpc) is 3.41. The molecule has 3 atom stereocenters. The quantitative estimate of drug-likeness (QED) is 0.329. The van der Waals surface area contributed by atoms with Crippen molar-refractivity contribution in [3.8, 4) is 11.4 Å². The first-order chi connectivity index (χ1) is 20.0. The molecule has 0 radical (unpaired) electrons. The number of piperidine rings is 1. The van der Waals surface area contributed by atoms with Gasteiger partial charge in [-0.1, -0.05) is 6.92 Å². The first-order valence-electron chi connectivity index (χ1n) is 13.4. The van der Waals surface area contributed by atoms with Crippen molar-refractivity contribution in [3.05, 3.63) is 57.8 Å². The second-order valence-corrected chi connectivity index (χ2v) is 10.6. The molecule has 2 aliphatic rings. The molecule has 0 aromatic carbocycles. The summed E-state index contributed by atoms with van der Waals surface area (Å²) >= 11 is 0. The minimum atomic E-state index is -2.57. The summed E-state index contributed by atoms with van der Waals surface area (Å²) in [4.78, 5) is 70.2. The van der Waals surface area contributed by atoms with E-state index in [1.807, 2.05) is 4.90 Å². The maximum atomic E-state index is 13.5. The molecule has 218 valence electrons. The molecule has 0 bridgehead atoms. The van der Waals surface area contributed by atoms with Crippen LogP contribution in [-0.4, -0.2) is 64.3 Å². The molecule has 1 saturated heterocycles. The third kappa shape index (κ3) is 4.44. The van der Waals surface area contributed by atoms with E-state index in [1.165, 1.54) is 34.8 Å².